The molecule has 40 heavy (non-hydrogen) atoms. The third kappa shape index (κ3) is 13.8. The lowest BCUT2D eigenvalue weighted by molar-refractivity contribution is -0.142. The van der Waals surface area contributed by atoms with Gasteiger partial charge in [-0.3, -0.25) is 4.79 Å². The van der Waals surface area contributed by atoms with Crippen molar-refractivity contribution in [3.63, 3.8) is 0 Å². The summed E-state index contributed by atoms with van der Waals surface area (Å²) >= 11 is 0. The van der Waals surface area contributed by atoms with Crippen molar-refractivity contribution in [1.29, 1.82) is 0 Å². The van der Waals surface area contributed by atoms with E-state index in [0.29, 0.717) is 44.0 Å². The van der Waals surface area contributed by atoms with E-state index in [2.05, 4.69) is 5.32 Å². The number of nitrogens with one attached hydrogen (secondary N) is 1. The van der Waals surface area contributed by atoms with E-state index in [4.69, 9.17) is 24.1 Å². The summed E-state index contributed by atoms with van der Waals surface area (Å²) in [6, 6.07) is 4.56. The van der Waals surface area contributed by atoms with Crippen molar-refractivity contribution in [3.05, 3.63) is 23.8 Å². The van der Waals surface area contributed by atoms with Gasteiger partial charge in [0.05, 0.1) is 24.7 Å². The lowest BCUT2D eigenvalue weighted by Gasteiger charge is -2.32. The maximum atomic E-state index is 12.6. The zero-order valence-corrected chi connectivity index (χ0v) is 24.8. The Hall–Kier alpha value is -3.05. The third-order valence-electron chi connectivity index (χ3n) is 6.29. The summed E-state index contributed by atoms with van der Waals surface area (Å²) < 4.78 is 21.7. The number of carbonyl (C=O) groups is 3. The minimum Gasteiger partial charge on any atom is -0.490 e. The van der Waals surface area contributed by atoms with Gasteiger partial charge in [-0.1, -0.05) is 26.8 Å². The van der Waals surface area contributed by atoms with Crippen LogP contribution in [0.25, 0.3) is 0 Å². The summed E-state index contributed by atoms with van der Waals surface area (Å²) in [5.74, 6) is -2.09. The molecule has 1 amide bonds. The molecular formula is C29H47NO10. The molecule has 4 atom stereocenters. The van der Waals surface area contributed by atoms with Crippen molar-refractivity contribution < 1.29 is 48.7 Å². The first kappa shape index (κ1) is 35.0. The zero-order chi connectivity index (χ0) is 30.5. The second-order valence-corrected chi connectivity index (χ2v) is 11.4. The Balaban J connectivity index is 3.18. The fourth-order valence-corrected chi connectivity index (χ4v) is 4.05. The summed E-state index contributed by atoms with van der Waals surface area (Å²) in [6.45, 7) is 11.1. The zero-order valence-electron chi connectivity index (χ0n) is 24.8. The number of carboxylic acid groups (broad SMARTS) is 2. The number of methoxy groups -OCH3 is 1. The summed E-state index contributed by atoms with van der Waals surface area (Å²) in [6.07, 6.45) is -0.265. The standard InChI is InChI=1S/C29H47NO10/c1-18(2)21(16-22(23(31)13-19(3)27(34)35)30-28(36)40-29(4,5)6)14-20-9-10-24(39-17-26(32)33)25(15-20)38-12-8-11-37-7/h9-10,15,18-19,21-23,31H,8,11-14,16-17H2,1-7H3,(H,30,36)(H,32,33)(H,34,35)/t19-,21+,22+,23+/m1/s1. The van der Waals surface area contributed by atoms with Crippen LogP contribution in [0, 0.1) is 17.8 Å². The monoisotopic (exact) mass is 569 g/mol. The number of ether oxygens (including phenoxy) is 4. The highest BCUT2D eigenvalue weighted by molar-refractivity contribution is 5.70. The highest BCUT2D eigenvalue weighted by Gasteiger charge is 2.31. The van der Waals surface area contributed by atoms with Crippen molar-refractivity contribution in [3.8, 4) is 11.5 Å². The van der Waals surface area contributed by atoms with Crippen LogP contribution in [0.4, 0.5) is 4.79 Å². The van der Waals surface area contributed by atoms with Gasteiger partial charge < -0.3 is 39.6 Å². The van der Waals surface area contributed by atoms with Gasteiger partial charge in [-0.15, -0.1) is 0 Å². The van der Waals surface area contributed by atoms with Gasteiger partial charge in [0.1, 0.15) is 5.60 Å². The lowest BCUT2D eigenvalue weighted by Crippen LogP contribution is -2.47. The molecule has 1 rings (SSSR count). The number of carbonyl (C=O) groups excluding carboxylic acids is 1. The molecular weight excluding hydrogens is 522 g/mol. The Labute approximate surface area is 237 Å². The van der Waals surface area contributed by atoms with Crippen LogP contribution in [0.15, 0.2) is 18.2 Å². The Kier molecular flexibility index (Phi) is 14.8. The summed E-state index contributed by atoms with van der Waals surface area (Å²) in [7, 11) is 1.60. The minimum atomic E-state index is -1.11. The normalized spacial score (nSPS) is 14.6. The molecule has 228 valence electrons. The Morgan fingerprint density at radius 2 is 1.65 bits per heavy atom. The molecule has 0 aliphatic heterocycles. The number of alkyl carbamates (subject to hydrolysis) is 1. The molecule has 11 nitrogen and oxygen atoms in total. The summed E-state index contributed by atoms with van der Waals surface area (Å²) in [5.41, 5.74) is 0.155. The first-order valence-electron chi connectivity index (χ1n) is 13.6. The van der Waals surface area contributed by atoms with Crippen LogP contribution in [0.5, 0.6) is 11.5 Å². The molecule has 0 aliphatic carbocycles. The first-order valence-corrected chi connectivity index (χ1v) is 13.6. The van der Waals surface area contributed by atoms with Gasteiger partial charge in [-0.2, -0.15) is 0 Å². The molecule has 0 saturated heterocycles. The van der Waals surface area contributed by atoms with Crippen molar-refractivity contribution in [2.45, 2.75) is 85.0 Å². The lowest BCUT2D eigenvalue weighted by atomic mass is 9.82. The molecule has 11 heteroatoms. The van der Waals surface area contributed by atoms with Gasteiger partial charge in [0.25, 0.3) is 0 Å². The van der Waals surface area contributed by atoms with Crippen LogP contribution < -0.4 is 14.8 Å². The Bertz CT molecular complexity index is 943. The Morgan fingerprint density at radius 1 is 0.975 bits per heavy atom. The van der Waals surface area contributed by atoms with E-state index in [1.807, 2.05) is 19.9 Å². The second kappa shape index (κ2) is 16.9. The SMILES string of the molecule is COCCCOc1cc(C[C@@H](C[C@H](NC(=O)OC(C)(C)C)[C@@H](O)C[C@@H](C)C(=O)O)C(C)C)ccc1OCC(=O)O. The molecule has 1 aromatic carbocycles. The number of hydrogen-bond donors (Lipinski definition) is 4. The average molecular weight is 570 g/mol. The number of amides is 1. The van der Waals surface area contributed by atoms with Gasteiger partial charge in [0.2, 0.25) is 0 Å². The highest BCUT2D eigenvalue weighted by atomic mass is 16.6. The number of carboxylic acids is 2. The number of aliphatic hydroxyl groups is 1. The molecule has 1 aromatic rings. The highest BCUT2D eigenvalue weighted by Crippen LogP contribution is 2.32. The van der Waals surface area contributed by atoms with Gasteiger partial charge in [0, 0.05) is 20.1 Å². The number of aliphatic carboxylic acids is 2. The molecule has 0 bridgehead atoms. The molecule has 0 fully saturated rings. The van der Waals surface area contributed by atoms with Gasteiger partial charge in [0.15, 0.2) is 18.1 Å². The minimum absolute atomic E-state index is 0.0261. The van der Waals surface area contributed by atoms with E-state index in [9.17, 15) is 24.6 Å². The number of aliphatic hydroxyl groups excluding tert-OH is 1. The smallest absolute Gasteiger partial charge is 0.407 e. The quantitative estimate of drug-likeness (QED) is 0.189. The van der Waals surface area contributed by atoms with E-state index in [0.717, 1.165) is 5.56 Å². The molecule has 0 spiro atoms. The van der Waals surface area contributed by atoms with E-state index in [1.54, 1.807) is 40.0 Å². The van der Waals surface area contributed by atoms with Crippen LogP contribution in [0.2, 0.25) is 0 Å². The van der Waals surface area contributed by atoms with E-state index >= 15 is 0 Å². The van der Waals surface area contributed by atoms with Crippen LogP contribution >= 0.6 is 0 Å². The topological polar surface area (TPSA) is 161 Å². The van der Waals surface area contributed by atoms with Crippen LogP contribution in [0.3, 0.4) is 0 Å². The third-order valence-corrected chi connectivity index (χ3v) is 6.29. The van der Waals surface area contributed by atoms with Crippen molar-refractivity contribution in [1.82, 2.24) is 5.32 Å². The first-order chi connectivity index (χ1) is 18.6. The molecule has 0 unspecified atom stereocenters. The van der Waals surface area contributed by atoms with Crippen LogP contribution in [-0.2, 0) is 25.5 Å². The summed E-state index contributed by atoms with van der Waals surface area (Å²) in [5, 5.41) is 32.1. The van der Waals surface area contributed by atoms with Gasteiger partial charge in [-0.25, -0.2) is 9.59 Å². The Morgan fingerprint density at radius 3 is 2.20 bits per heavy atom. The van der Waals surface area contributed by atoms with Crippen LogP contribution in [0.1, 0.15) is 66.4 Å². The number of benzene rings is 1. The van der Waals surface area contributed by atoms with Crippen molar-refractivity contribution >= 4 is 18.0 Å². The predicted octanol–water partition coefficient (Wildman–Crippen LogP) is 4.14. The van der Waals surface area contributed by atoms with E-state index in [-0.39, 0.29) is 18.3 Å². The van der Waals surface area contributed by atoms with Gasteiger partial charge >= 0.3 is 18.0 Å². The van der Waals surface area contributed by atoms with Gasteiger partial charge in [-0.05, 0) is 69.6 Å². The maximum Gasteiger partial charge on any atom is 0.407 e. The van der Waals surface area contributed by atoms with E-state index < -0.39 is 48.3 Å². The molecule has 0 radical (unpaired) electrons. The molecule has 4 N–H and O–H groups in total. The average Bonchev–Trinajstić information content (AvgIpc) is 2.83. The number of rotatable bonds is 18. The largest absolute Gasteiger partial charge is 0.490 e. The fraction of sp³-hybridized carbons (Fsp3) is 0.690. The maximum absolute atomic E-state index is 12.6. The fourth-order valence-electron chi connectivity index (χ4n) is 4.05. The molecule has 0 aliphatic rings. The molecule has 0 heterocycles. The summed E-state index contributed by atoms with van der Waals surface area (Å²) in [4.78, 5) is 35.0. The predicted molar refractivity (Wildman–Crippen MR) is 149 cm³/mol. The van der Waals surface area contributed by atoms with Crippen molar-refractivity contribution in [2.75, 3.05) is 26.9 Å². The second-order valence-electron chi connectivity index (χ2n) is 11.4. The molecule has 0 saturated carbocycles. The van der Waals surface area contributed by atoms with Crippen LogP contribution in [-0.4, -0.2) is 78.0 Å². The molecule has 0 aromatic heterocycles. The number of hydrogen-bond acceptors (Lipinski definition) is 8. The van der Waals surface area contributed by atoms with Crippen molar-refractivity contribution in [2.24, 2.45) is 17.8 Å². The van der Waals surface area contributed by atoms with E-state index in [1.165, 1.54) is 6.92 Å².